The normalized spacial score (nSPS) is 11.7. The number of aromatic nitrogens is 18. The lowest BCUT2D eigenvalue weighted by molar-refractivity contribution is 0.591. The van der Waals surface area contributed by atoms with Crippen LogP contribution in [0.5, 0.6) is 0 Å². The second kappa shape index (κ2) is 28.6. The van der Waals surface area contributed by atoms with Crippen LogP contribution < -0.4 is 14.7 Å². The van der Waals surface area contributed by atoms with E-state index in [-0.39, 0.29) is 5.41 Å². The summed E-state index contributed by atoms with van der Waals surface area (Å²) in [6, 6.07) is 50.5. The van der Waals surface area contributed by atoms with E-state index in [0.29, 0.717) is 129 Å². The Kier molecular flexibility index (Phi) is 18.1. The van der Waals surface area contributed by atoms with Gasteiger partial charge < -0.3 is 0 Å². The zero-order chi connectivity index (χ0) is 73.5. The van der Waals surface area contributed by atoms with Crippen molar-refractivity contribution < 1.29 is 0 Å². The maximum absolute atomic E-state index is 5.18. The third kappa shape index (κ3) is 12.6. The van der Waals surface area contributed by atoms with Crippen LogP contribution >= 0.6 is 0 Å². The van der Waals surface area contributed by atoms with Crippen molar-refractivity contribution in [3.05, 3.63) is 272 Å². The first-order valence-corrected chi connectivity index (χ1v) is 35.6. The number of fused-ring (bicyclic) bond motifs is 18. The molecule has 0 amide bonds. The third-order valence-electron chi connectivity index (χ3n) is 19.1. The molecule has 21 nitrogen and oxygen atoms in total. The van der Waals surface area contributed by atoms with E-state index >= 15 is 0 Å². The summed E-state index contributed by atoms with van der Waals surface area (Å²) in [5, 5.41) is 0. The molecule has 18 rings (SSSR count). The average Bonchev–Trinajstić information content (AvgIpc) is 0.741. The average molecular weight is 1400 g/mol. The summed E-state index contributed by atoms with van der Waals surface area (Å²) in [5.41, 5.74) is 25.4. The fourth-order valence-corrected chi connectivity index (χ4v) is 14.0. The van der Waals surface area contributed by atoms with Gasteiger partial charge in [0.15, 0.2) is 17.5 Å². The maximum Gasteiger partial charge on any atom is 0.156 e. The standard InChI is InChI=1S/2C29H25N7.C28H23N7/c1-18-9-5-7-11-20(18)36(21-12-8-6-10-19(21)29(2,3)4)22-17-34-27-25-23(30-13-14-32-25)24-26(28(27)35-22)33-16-15-31-24;1-4-19-9-5-7-11-21(19)36(22-12-8-6-10-20(22)18(2)3)23-17-34-28-26-24(30-13-14-32-26)25-27(29(28)35-23)33-16-15-31-25;1-17(2)19-9-5-7-11-21(19)35(20-10-6-4-8-18(20)3)22-16-33-27-25-23(29-12-13-31-25)24-26(28(27)34-22)32-15-14-30-24/h5-17H,1-4H3;5-18H,4H2,1-3H3;4-17H,1-3H3. The molecule has 0 bridgehead atoms. The Morgan fingerprint density at radius 3 is 0.822 bits per heavy atom. The van der Waals surface area contributed by atoms with E-state index in [9.17, 15) is 0 Å². The molecular weight excluding hydrogens is 1330 g/mol. The molecule has 21 heteroatoms. The fraction of sp³-hybridized carbons (Fsp3) is 0.163. The van der Waals surface area contributed by atoms with Crippen molar-refractivity contribution in [1.82, 2.24) is 89.7 Å². The highest BCUT2D eigenvalue weighted by Gasteiger charge is 2.29. The molecule has 522 valence electrons. The number of para-hydroxylation sites is 6. The summed E-state index contributed by atoms with van der Waals surface area (Å²) in [4.78, 5) is 91.5. The number of nitrogens with zero attached hydrogens (tertiary/aromatic N) is 21. The predicted molar refractivity (Wildman–Crippen MR) is 427 cm³/mol. The first-order chi connectivity index (χ1) is 52.2. The van der Waals surface area contributed by atoms with Gasteiger partial charge in [0.05, 0.1) is 52.7 Å². The zero-order valence-corrected chi connectivity index (χ0v) is 60.8. The molecule has 9 aromatic carbocycles. The number of rotatable bonds is 12. The van der Waals surface area contributed by atoms with E-state index in [1.165, 1.54) is 22.3 Å². The SMILES string of the molecule is CCc1ccccc1N(c1cnc2c3nccnc3c3nccnc3c2n1)c1ccccc1C(C)C.Cc1ccccc1N(c1cnc2c3nccnc3c3nccnc3c2n1)c1ccccc1C(C)(C)C.Cc1ccccc1N(c1cnc2c3nccnc3c3nccnc3c2n1)c1ccccc1C(C)C. The number of hydrogen-bond donors (Lipinski definition) is 0. The minimum atomic E-state index is -0.0776. The Hall–Kier alpha value is -13.6. The van der Waals surface area contributed by atoms with Crippen molar-refractivity contribution in [3.8, 4) is 0 Å². The van der Waals surface area contributed by atoms with Crippen molar-refractivity contribution in [2.24, 2.45) is 0 Å². The molecule has 0 radical (unpaired) electrons. The Morgan fingerprint density at radius 2 is 0.514 bits per heavy atom. The summed E-state index contributed by atoms with van der Waals surface area (Å²) < 4.78 is 0. The van der Waals surface area contributed by atoms with E-state index in [4.69, 9.17) is 29.9 Å². The number of aryl methyl sites for hydroxylation is 3. The first-order valence-electron chi connectivity index (χ1n) is 35.6. The van der Waals surface area contributed by atoms with Gasteiger partial charge in [-0.3, -0.25) is 74.5 Å². The Labute approximate surface area is 616 Å². The van der Waals surface area contributed by atoms with Crippen LogP contribution in [0.1, 0.15) is 101 Å². The highest BCUT2D eigenvalue weighted by Crippen LogP contribution is 2.46. The van der Waals surface area contributed by atoms with Gasteiger partial charge >= 0.3 is 0 Å². The Balaban J connectivity index is 0.000000123. The fourth-order valence-electron chi connectivity index (χ4n) is 14.0. The highest BCUT2D eigenvalue weighted by atomic mass is 15.2. The van der Waals surface area contributed by atoms with Crippen molar-refractivity contribution in [2.75, 3.05) is 14.7 Å². The summed E-state index contributed by atoms with van der Waals surface area (Å²) in [7, 11) is 0. The molecule has 9 aromatic heterocycles. The first kappa shape index (κ1) is 67.9. The minimum absolute atomic E-state index is 0.0776. The molecule has 9 heterocycles. The topological polar surface area (TPSA) is 242 Å². The van der Waals surface area contributed by atoms with Crippen molar-refractivity contribution in [2.45, 2.75) is 92.9 Å². The largest absolute Gasteiger partial charge is 0.293 e. The smallest absolute Gasteiger partial charge is 0.156 e. The molecule has 0 N–H and O–H groups in total. The lowest BCUT2D eigenvalue weighted by Gasteiger charge is -2.31. The predicted octanol–water partition coefficient (Wildman–Crippen LogP) is 19.7. The quantitative estimate of drug-likeness (QED) is 0.103. The summed E-state index contributed by atoms with van der Waals surface area (Å²) in [5.74, 6) is 2.78. The van der Waals surface area contributed by atoms with E-state index in [1.54, 1.807) is 74.4 Å². The van der Waals surface area contributed by atoms with Crippen LogP contribution in [0.4, 0.5) is 51.6 Å². The monoisotopic (exact) mass is 1400 g/mol. The van der Waals surface area contributed by atoms with Gasteiger partial charge in [-0.25, -0.2) is 29.9 Å². The number of hydrogen-bond acceptors (Lipinski definition) is 21. The van der Waals surface area contributed by atoms with Gasteiger partial charge in [0.2, 0.25) is 0 Å². The molecule has 107 heavy (non-hydrogen) atoms. The molecule has 0 fully saturated rings. The summed E-state index contributed by atoms with van der Waals surface area (Å²) in [6.07, 6.45) is 26.3. The minimum Gasteiger partial charge on any atom is -0.293 e. The van der Waals surface area contributed by atoms with Crippen molar-refractivity contribution in [3.63, 3.8) is 0 Å². The van der Waals surface area contributed by atoms with Gasteiger partial charge in [-0.2, -0.15) is 0 Å². The van der Waals surface area contributed by atoms with Crippen LogP contribution in [0.25, 0.3) is 99.3 Å². The van der Waals surface area contributed by atoms with Crippen LogP contribution in [0.3, 0.4) is 0 Å². The van der Waals surface area contributed by atoms with Gasteiger partial charge in [-0.15, -0.1) is 0 Å². The van der Waals surface area contributed by atoms with Crippen molar-refractivity contribution in [1.29, 1.82) is 0 Å². The molecule has 0 unspecified atom stereocenters. The van der Waals surface area contributed by atoms with Crippen molar-refractivity contribution >= 4 is 151 Å². The molecule has 0 aliphatic rings. The second-order valence-corrected chi connectivity index (χ2v) is 27.6. The molecule has 0 saturated heterocycles. The van der Waals surface area contributed by atoms with Crippen LogP contribution in [0, 0.1) is 13.8 Å². The lowest BCUT2D eigenvalue weighted by atomic mass is 9.85. The van der Waals surface area contributed by atoms with Crippen LogP contribution in [-0.2, 0) is 11.8 Å². The maximum atomic E-state index is 5.18. The molecule has 0 saturated carbocycles. The van der Waals surface area contributed by atoms with Gasteiger partial charge in [0.25, 0.3) is 0 Å². The van der Waals surface area contributed by atoms with E-state index < -0.39 is 0 Å². The molecule has 0 atom stereocenters. The Bertz CT molecular complexity index is 6160. The van der Waals surface area contributed by atoms with Gasteiger partial charge in [-0.05, 0) is 107 Å². The van der Waals surface area contributed by atoms with Crippen LogP contribution in [0.15, 0.2) is 239 Å². The van der Waals surface area contributed by atoms with Crippen LogP contribution in [-0.4, -0.2) is 89.7 Å². The molecule has 0 aliphatic carbocycles. The number of benzene rings is 9. The third-order valence-corrected chi connectivity index (χ3v) is 19.1. The highest BCUT2D eigenvalue weighted by molar-refractivity contribution is 6.20. The Morgan fingerprint density at radius 1 is 0.271 bits per heavy atom. The number of anilines is 9. The summed E-state index contributed by atoms with van der Waals surface area (Å²) >= 11 is 0. The lowest BCUT2D eigenvalue weighted by Crippen LogP contribution is -2.20. The second-order valence-electron chi connectivity index (χ2n) is 27.6. The summed E-state index contributed by atoms with van der Waals surface area (Å²) in [6.45, 7) is 21.9. The van der Waals surface area contributed by atoms with E-state index in [1.807, 2.05) is 42.9 Å². The van der Waals surface area contributed by atoms with E-state index in [0.717, 1.165) is 51.7 Å². The molecule has 0 spiro atoms. The van der Waals surface area contributed by atoms with E-state index in [2.05, 4.69) is 265 Å². The van der Waals surface area contributed by atoms with Gasteiger partial charge in [0, 0.05) is 74.4 Å². The molecular formula is C86H73N21. The van der Waals surface area contributed by atoms with Gasteiger partial charge in [0.1, 0.15) is 99.3 Å². The zero-order valence-electron chi connectivity index (χ0n) is 60.8. The molecule has 18 aromatic rings. The van der Waals surface area contributed by atoms with Gasteiger partial charge in [-0.1, -0.05) is 165 Å². The van der Waals surface area contributed by atoms with Crippen LogP contribution in [0.2, 0.25) is 0 Å². The molecule has 0 aliphatic heterocycles.